The van der Waals surface area contributed by atoms with Crippen LogP contribution in [0.3, 0.4) is 0 Å². The minimum Gasteiger partial charge on any atom is -0.465 e. The van der Waals surface area contributed by atoms with Crippen LogP contribution < -0.4 is 19.7 Å². The van der Waals surface area contributed by atoms with Crippen molar-refractivity contribution in [2.24, 2.45) is 0 Å². The zero-order valence-electron chi connectivity index (χ0n) is 23.0. The van der Waals surface area contributed by atoms with Crippen molar-refractivity contribution >= 4 is 68.2 Å². The van der Waals surface area contributed by atoms with Crippen LogP contribution in [-0.4, -0.2) is 44.9 Å². The summed E-state index contributed by atoms with van der Waals surface area (Å²) in [5.74, 6) is -0.281. The van der Waals surface area contributed by atoms with Crippen LogP contribution in [0.2, 0.25) is 0 Å². The fraction of sp³-hybridized carbons (Fsp3) is 0.355. The van der Waals surface area contributed by atoms with E-state index in [0.717, 1.165) is 18.5 Å². The summed E-state index contributed by atoms with van der Waals surface area (Å²) < 4.78 is 7.85. The lowest BCUT2D eigenvalue weighted by Gasteiger charge is -2.27. The molecule has 212 valence electrons. The molecule has 2 aliphatic heterocycles. The first-order chi connectivity index (χ1) is 19.9. The van der Waals surface area contributed by atoms with Crippen molar-refractivity contribution in [2.75, 3.05) is 18.1 Å². The summed E-state index contributed by atoms with van der Waals surface area (Å²) in [6, 6.07) is 17.5. The maximum atomic E-state index is 13.6. The fourth-order valence-corrected chi connectivity index (χ4v) is 8.82. The molecule has 0 spiro atoms. The predicted molar refractivity (Wildman–Crippen MR) is 168 cm³/mol. The summed E-state index contributed by atoms with van der Waals surface area (Å²) in [7, 11) is 0. The Labute approximate surface area is 252 Å². The molecule has 10 heteroatoms. The summed E-state index contributed by atoms with van der Waals surface area (Å²) >= 11 is 7.80. The zero-order valence-corrected chi connectivity index (χ0v) is 25.4. The van der Waals surface area contributed by atoms with E-state index in [-0.39, 0.29) is 24.6 Å². The van der Waals surface area contributed by atoms with Crippen molar-refractivity contribution < 1.29 is 14.3 Å². The molecule has 2 fully saturated rings. The van der Waals surface area contributed by atoms with Crippen LogP contribution in [0.5, 0.6) is 0 Å². The zero-order chi connectivity index (χ0) is 28.7. The highest BCUT2D eigenvalue weighted by Crippen LogP contribution is 2.50. The molecule has 2 unspecified atom stereocenters. The second-order valence-corrected chi connectivity index (χ2v) is 13.1. The van der Waals surface area contributed by atoms with Gasteiger partial charge in [0, 0.05) is 30.7 Å². The Bertz CT molecular complexity index is 1710. The molecule has 0 N–H and O–H groups in total. The highest BCUT2D eigenvalue weighted by atomic mass is 32.2. The van der Waals surface area contributed by atoms with Crippen LogP contribution >= 0.6 is 35.3 Å². The number of thiazole rings is 1. The van der Waals surface area contributed by atoms with Crippen molar-refractivity contribution in [2.45, 2.75) is 58.2 Å². The van der Waals surface area contributed by atoms with E-state index in [1.165, 1.54) is 62.2 Å². The molecular weight excluding hydrogens is 575 g/mol. The highest BCUT2D eigenvalue weighted by molar-refractivity contribution is 8.30. The fourth-order valence-electron chi connectivity index (χ4n) is 6.18. The van der Waals surface area contributed by atoms with E-state index in [1.807, 2.05) is 19.1 Å². The quantitative estimate of drug-likeness (QED) is 0.299. The van der Waals surface area contributed by atoms with Crippen LogP contribution in [0.25, 0.3) is 11.0 Å². The number of benzene rings is 2. The molecule has 1 saturated heterocycles. The van der Waals surface area contributed by atoms with E-state index in [1.54, 1.807) is 6.92 Å². The average Bonchev–Trinajstić information content (AvgIpc) is 3.70. The molecule has 3 heterocycles. The molecule has 0 radical (unpaired) electrons. The van der Waals surface area contributed by atoms with Gasteiger partial charge >= 0.3 is 5.97 Å². The Kier molecular flexibility index (Phi) is 7.89. The van der Waals surface area contributed by atoms with Crippen LogP contribution in [-0.2, 0) is 27.4 Å². The van der Waals surface area contributed by atoms with Crippen molar-refractivity contribution in [3.05, 3.63) is 84.8 Å². The van der Waals surface area contributed by atoms with Crippen molar-refractivity contribution in [3.8, 4) is 0 Å². The number of thioether (sulfide) groups is 1. The predicted octanol–water partition coefficient (Wildman–Crippen LogP) is 3.95. The lowest BCUT2D eigenvalue weighted by Crippen LogP contribution is -2.36. The number of nitrogens with zero attached hydrogens (tertiary/aromatic N) is 3. The molecule has 0 bridgehead atoms. The second kappa shape index (κ2) is 11.6. The average molecular weight is 606 g/mol. The molecular formula is C31H31N3O4S3. The number of thiocarbonyl (C=S) groups is 1. The molecule has 3 aromatic rings. The number of rotatable bonds is 7. The minimum absolute atomic E-state index is 0.211. The van der Waals surface area contributed by atoms with Gasteiger partial charge < -0.3 is 9.64 Å². The van der Waals surface area contributed by atoms with Gasteiger partial charge in [-0.2, -0.15) is 0 Å². The van der Waals surface area contributed by atoms with Gasteiger partial charge in [-0.25, -0.2) is 0 Å². The van der Waals surface area contributed by atoms with E-state index in [0.29, 0.717) is 36.9 Å². The SMILES string of the molecule is CCOC(=O)Cn1c(=O)/c(=C\c2ccc3c(c2)C2CCCC2N3Cc2ccccc2)s/c1=C1/SC(=S)N(CC)C1=O. The van der Waals surface area contributed by atoms with Gasteiger partial charge in [0.25, 0.3) is 11.5 Å². The van der Waals surface area contributed by atoms with Crippen LogP contribution in [0.1, 0.15) is 55.7 Å². The number of hydrogen-bond acceptors (Lipinski definition) is 8. The number of hydrogen-bond donors (Lipinski definition) is 0. The monoisotopic (exact) mass is 605 g/mol. The number of anilines is 1. The molecule has 1 saturated carbocycles. The first-order valence-corrected chi connectivity index (χ1v) is 16.0. The Morgan fingerprint density at radius 2 is 1.93 bits per heavy atom. The van der Waals surface area contributed by atoms with Crippen LogP contribution in [0.15, 0.2) is 53.3 Å². The number of amides is 1. The molecule has 2 atom stereocenters. The molecule has 7 nitrogen and oxygen atoms in total. The first kappa shape index (κ1) is 27.9. The van der Waals surface area contributed by atoms with E-state index in [4.69, 9.17) is 17.0 Å². The summed E-state index contributed by atoms with van der Waals surface area (Å²) in [4.78, 5) is 43.6. The van der Waals surface area contributed by atoms with Crippen molar-refractivity contribution in [1.29, 1.82) is 0 Å². The number of esters is 1. The van der Waals surface area contributed by atoms with Crippen LogP contribution in [0.4, 0.5) is 5.69 Å². The summed E-state index contributed by atoms with van der Waals surface area (Å²) in [5, 5.41) is 0. The molecule has 1 aromatic heterocycles. The first-order valence-electron chi connectivity index (χ1n) is 14.0. The summed E-state index contributed by atoms with van der Waals surface area (Å²) in [5.41, 5.74) is 4.52. The Balaban J connectivity index is 1.43. The van der Waals surface area contributed by atoms with Crippen LogP contribution in [0, 0.1) is 0 Å². The van der Waals surface area contributed by atoms with Gasteiger partial charge in [0.1, 0.15) is 20.4 Å². The van der Waals surface area contributed by atoms with Gasteiger partial charge in [0.15, 0.2) is 0 Å². The van der Waals surface area contributed by atoms with Gasteiger partial charge in [-0.15, -0.1) is 11.3 Å². The van der Waals surface area contributed by atoms with Gasteiger partial charge in [0.05, 0.1) is 11.1 Å². The normalized spacial score (nSPS) is 21.6. The van der Waals surface area contributed by atoms with E-state index in [9.17, 15) is 14.4 Å². The maximum absolute atomic E-state index is 13.6. The van der Waals surface area contributed by atoms with E-state index < -0.39 is 5.97 Å². The van der Waals surface area contributed by atoms with Gasteiger partial charge in [-0.3, -0.25) is 23.9 Å². The topological polar surface area (TPSA) is 71.8 Å². The molecule has 1 aliphatic carbocycles. The Morgan fingerprint density at radius 3 is 2.66 bits per heavy atom. The standard InChI is InChI=1S/C31H31N3O4S3/c1-3-32-29(37)27(41-31(32)39)30-34(18-26(35)38-4-2)28(36)25(40-30)16-20-13-14-24-22(15-20)21-11-8-12-23(21)33(24)17-19-9-6-5-7-10-19/h5-7,9-10,13-16,21,23H,3-4,8,11-12,17-18H2,1-2H3/b25-16+,30-27+. The Morgan fingerprint density at radius 1 is 1.12 bits per heavy atom. The van der Waals surface area contributed by atoms with E-state index >= 15 is 0 Å². The summed E-state index contributed by atoms with van der Waals surface area (Å²) in [6.45, 7) is 4.86. The number of aromatic nitrogens is 1. The minimum atomic E-state index is -0.519. The van der Waals surface area contributed by atoms with Crippen molar-refractivity contribution in [3.63, 3.8) is 0 Å². The van der Waals surface area contributed by atoms with Crippen molar-refractivity contribution in [1.82, 2.24) is 9.47 Å². The third kappa shape index (κ3) is 5.17. The number of ether oxygens (including phenoxy) is 1. The second-order valence-electron chi connectivity index (χ2n) is 10.4. The highest BCUT2D eigenvalue weighted by Gasteiger charge is 2.41. The maximum Gasteiger partial charge on any atom is 0.326 e. The Hall–Kier alpha value is -3.21. The lowest BCUT2D eigenvalue weighted by atomic mass is 9.96. The molecule has 41 heavy (non-hydrogen) atoms. The summed E-state index contributed by atoms with van der Waals surface area (Å²) in [6.07, 6.45) is 5.43. The lowest BCUT2D eigenvalue weighted by molar-refractivity contribution is -0.143. The smallest absolute Gasteiger partial charge is 0.326 e. The number of fused-ring (bicyclic) bond motifs is 3. The third-order valence-corrected chi connectivity index (χ3v) is 10.7. The van der Waals surface area contributed by atoms with Gasteiger partial charge in [-0.05, 0) is 61.6 Å². The number of carbonyl (C=O) groups is 2. The molecule has 1 amide bonds. The third-order valence-electron chi connectivity index (χ3n) is 7.99. The largest absolute Gasteiger partial charge is 0.465 e. The molecule has 3 aliphatic rings. The molecule has 6 rings (SSSR count). The van der Waals surface area contributed by atoms with Gasteiger partial charge in [-0.1, -0.05) is 66.8 Å². The molecule has 2 aromatic carbocycles. The van der Waals surface area contributed by atoms with E-state index in [2.05, 4.69) is 47.4 Å². The number of carbonyl (C=O) groups excluding carboxylic acids is 2. The van der Waals surface area contributed by atoms with Gasteiger partial charge in [0.2, 0.25) is 0 Å².